The SMILES string of the molecule is CCCCOC(=O)COCCCOCCOC. The summed E-state index contributed by atoms with van der Waals surface area (Å²) in [6, 6.07) is 0. The summed E-state index contributed by atoms with van der Waals surface area (Å²) in [5.74, 6) is -0.293. The number of hydrogen-bond acceptors (Lipinski definition) is 5. The number of rotatable bonds is 12. The summed E-state index contributed by atoms with van der Waals surface area (Å²) in [4.78, 5) is 11.1. The Morgan fingerprint density at radius 3 is 2.41 bits per heavy atom. The lowest BCUT2D eigenvalue weighted by Crippen LogP contribution is -2.14. The first-order valence-electron chi connectivity index (χ1n) is 6.11. The van der Waals surface area contributed by atoms with Gasteiger partial charge in [-0.15, -0.1) is 0 Å². The molecule has 0 saturated heterocycles. The van der Waals surface area contributed by atoms with Gasteiger partial charge in [0.1, 0.15) is 6.61 Å². The maximum atomic E-state index is 11.1. The predicted octanol–water partition coefficient (Wildman–Crippen LogP) is 1.40. The molecule has 0 radical (unpaired) electrons. The highest BCUT2D eigenvalue weighted by molar-refractivity contribution is 5.70. The Morgan fingerprint density at radius 2 is 1.71 bits per heavy atom. The minimum absolute atomic E-state index is 0.0295. The maximum Gasteiger partial charge on any atom is 0.332 e. The van der Waals surface area contributed by atoms with Crippen LogP contribution in [0.5, 0.6) is 0 Å². The van der Waals surface area contributed by atoms with Crippen molar-refractivity contribution in [2.45, 2.75) is 26.2 Å². The quantitative estimate of drug-likeness (QED) is 0.386. The smallest absolute Gasteiger partial charge is 0.332 e. The van der Waals surface area contributed by atoms with E-state index in [0.29, 0.717) is 33.0 Å². The minimum Gasteiger partial charge on any atom is -0.464 e. The number of unbranched alkanes of at least 4 members (excludes halogenated alkanes) is 1. The Labute approximate surface area is 103 Å². The van der Waals surface area contributed by atoms with Crippen LogP contribution in [0, 0.1) is 0 Å². The largest absolute Gasteiger partial charge is 0.464 e. The minimum atomic E-state index is -0.293. The molecule has 0 aliphatic carbocycles. The molecule has 5 heteroatoms. The van der Waals surface area contributed by atoms with E-state index in [-0.39, 0.29) is 12.6 Å². The summed E-state index contributed by atoms with van der Waals surface area (Å²) in [7, 11) is 1.64. The molecule has 0 aromatic rings. The molecule has 0 aromatic carbocycles. The van der Waals surface area contributed by atoms with Crippen molar-refractivity contribution in [2.24, 2.45) is 0 Å². The van der Waals surface area contributed by atoms with E-state index in [1.165, 1.54) is 0 Å². The van der Waals surface area contributed by atoms with Gasteiger partial charge in [0, 0.05) is 20.3 Å². The number of ether oxygens (including phenoxy) is 4. The Kier molecular flexibility index (Phi) is 12.9. The van der Waals surface area contributed by atoms with E-state index in [0.717, 1.165) is 19.3 Å². The monoisotopic (exact) mass is 248 g/mol. The Bertz CT molecular complexity index is 172. The maximum absolute atomic E-state index is 11.1. The lowest BCUT2D eigenvalue weighted by molar-refractivity contribution is -0.149. The summed E-state index contributed by atoms with van der Waals surface area (Å²) in [5.41, 5.74) is 0. The molecule has 0 aliphatic heterocycles. The van der Waals surface area contributed by atoms with Crippen molar-refractivity contribution in [3.63, 3.8) is 0 Å². The molecule has 0 amide bonds. The normalized spacial score (nSPS) is 10.5. The molecule has 0 aliphatic rings. The molecule has 0 spiro atoms. The zero-order valence-electron chi connectivity index (χ0n) is 10.9. The van der Waals surface area contributed by atoms with Gasteiger partial charge in [0.05, 0.1) is 19.8 Å². The molecule has 0 atom stereocenters. The van der Waals surface area contributed by atoms with Crippen molar-refractivity contribution in [1.82, 2.24) is 0 Å². The van der Waals surface area contributed by atoms with E-state index in [1.807, 2.05) is 6.92 Å². The first-order chi connectivity index (χ1) is 8.31. The summed E-state index contributed by atoms with van der Waals surface area (Å²) in [6.45, 7) is 4.89. The van der Waals surface area contributed by atoms with E-state index in [1.54, 1.807) is 7.11 Å². The van der Waals surface area contributed by atoms with E-state index in [2.05, 4.69) is 0 Å². The highest BCUT2D eigenvalue weighted by atomic mass is 16.6. The van der Waals surface area contributed by atoms with Crippen LogP contribution in [0.2, 0.25) is 0 Å². The number of carbonyl (C=O) groups excluding carboxylic acids is 1. The van der Waals surface area contributed by atoms with E-state index in [4.69, 9.17) is 18.9 Å². The molecule has 5 nitrogen and oxygen atoms in total. The van der Waals surface area contributed by atoms with Crippen LogP contribution >= 0.6 is 0 Å². The highest BCUT2D eigenvalue weighted by Crippen LogP contribution is 1.91. The van der Waals surface area contributed by atoms with Gasteiger partial charge >= 0.3 is 5.97 Å². The fraction of sp³-hybridized carbons (Fsp3) is 0.917. The molecular weight excluding hydrogens is 224 g/mol. The van der Waals surface area contributed by atoms with Crippen molar-refractivity contribution < 1.29 is 23.7 Å². The van der Waals surface area contributed by atoms with Crippen molar-refractivity contribution >= 4 is 5.97 Å². The third-order valence-electron chi connectivity index (χ3n) is 1.99. The van der Waals surface area contributed by atoms with E-state index < -0.39 is 0 Å². The third-order valence-corrected chi connectivity index (χ3v) is 1.99. The molecule has 102 valence electrons. The Hall–Kier alpha value is -0.650. The number of carbonyl (C=O) groups is 1. The molecule has 0 saturated carbocycles. The highest BCUT2D eigenvalue weighted by Gasteiger charge is 2.01. The first kappa shape index (κ1) is 16.4. The second-order valence-corrected chi connectivity index (χ2v) is 3.59. The average Bonchev–Trinajstić information content (AvgIpc) is 2.33. The van der Waals surface area contributed by atoms with Crippen LogP contribution in [0.25, 0.3) is 0 Å². The summed E-state index contributed by atoms with van der Waals surface area (Å²) in [6.07, 6.45) is 2.69. The average molecular weight is 248 g/mol. The lowest BCUT2D eigenvalue weighted by atomic mass is 10.4. The zero-order valence-corrected chi connectivity index (χ0v) is 10.9. The van der Waals surface area contributed by atoms with Crippen molar-refractivity contribution in [2.75, 3.05) is 46.8 Å². The van der Waals surface area contributed by atoms with Gasteiger partial charge in [-0.1, -0.05) is 13.3 Å². The van der Waals surface area contributed by atoms with Gasteiger partial charge < -0.3 is 18.9 Å². The lowest BCUT2D eigenvalue weighted by Gasteiger charge is -2.06. The fourth-order valence-corrected chi connectivity index (χ4v) is 1.03. The van der Waals surface area contributed by atoms with Crippen LogP contribution < -0.4 is 0 Å². The van der Waals surface area contributed by atoms with Crippen molar-refractivity contribution in [3.8, 4) is 0 Å². The van der Waals surface area contributed by atoms with Gasteiger partial charge in [-0.3, -0.25) is 0 Å². The van der Waals surface area contributed by atoms with Crippen molar-refractivity contribution in [1.29, 1.82) is 0 Å². The number of esters is 1. The van der Waals surface area contributed by atoms with Gasteiger partial charge in [0.2, 0.25) is 0 Å². The van der Waals surface area contributed by atoms with E-state index in [9.17, 15) is 4.79 Å². The van der Waals surface area contributed by atoms with Crippen LogP contribution in [0.4, 0.5) is 0 Å². The molecule has 0 unspecified atom stereocenters. The zero-order chi connectivity index (χ0) is 12.8. The van der Waals surface area contributed by atoms with Gasteiger partial charge in [0.15, 0.2) is 0 Å². The van der Waals surface area contributed by atoms with E-state index >= 15 is 0 Å². The molecule has 0 N–H and O–H groups in total. The Balaban J connectivity index is 3.08. The molecule has 0 heterocycles. The molecule has 0 fully saturated rings. The Morgan fingerprint density at radius 1 is 0.941 bits per heavy atom. The van der Waals surface area contributed by atoms with Crippen molar-refractivity contribution in [3.05, 3.63) is 0 Å². The predicted molar refractivity (Wildman–Crippen MR) is 64.0 cm³/mol. The fourth-order valence-electron chi connectivity index (χ4n) is 1.03. The first-order valence-corrected chi connectivity index (χ1v) is 6.11. The summed E-state index contributed by atoms with van der Waals surface area (Å²) >= 11 is 0. The summed E-state index contributed by atoms with van der Waals surface area (Å²) < 4.78 is 20.1. The second kappa shape index (κ2) is 13.4. The van der Waals surface area contributed by atoms with Gasteiger partial charge in [0.25, 0.3) is 0 Å². The number of methoxy groups -OCH3 is 1. The topological polar surface area (TPSA) is 54.0 Å². The second-order valence-electron chi connectivity index (χ2n) is 3.59. The third kappa shape index (κ3) is 13.3. The molecule has 0 rings (SSSR count). The molecule has 0 bridgehead atoms. The van der Waals surface area contributed by atoms with Crippen LogP contribution in [0.3, 0.4) is 0 Å². The molecule has 0 aromatic heterocycles. The summed E-state index contributed by atoms with van der Waals surface area (Å²) in [5, 5.41) is 0. The van der Waals surface area contributed by atoms with Crippen LogP contribution in [-0.4, -0.2) is 52.7 Å². The van der Waals surface area contributed by atoms with Gasteiger partial charge in [-0.05, 0) is 12.8 Å². The van der Waals surface area contributed by atoms with Gasteiger partial charge in [-0.2, -0.15) is 0 Å². The number of hydrogen-bond donors (Lipinski definition) is 0. The van der Waals surface area contributed by atoms with Gasteiger partial charge in [-0.25, -0.2) is 4.79 Å². The molecular formula is C12H24O5. The van der Waals surface area contributed by atoms with Crippen LogP contribution in [0.1, 0.15) is 26.2 Å². The van der Waals surface area contributed by atoms with Crippen LogP contribution in [-0.2, 0) is 23.7 Å². The van der Waals surface area contributed by atoms with Crippen LogP contribution in [0.15, 0.2) is 0 Å². The standard InChI is InChI=1S/C12H24O5/c1-3-4-8-17-12(13)11-16-7-5-6-15-10-9-14-2/h3-11H2,1-2H3. The molecule has 17 heavy (non-hydrogen) atoms.